The van der Waals surface area contributed by atoms with Crippen molar-refractivity contribution in [1.29, 1.82) is 0 Å². The average molecular weight is 415 g/mol. The Morgan fingerprint density at radius 2 is 1.87 bits per heavy atom. The summed E-state index contributed by atoms with van der Waals surface area (Å²) in [7, 11) is 1.59. The first-order chi connectivity index (χ1) is 14.2. The van der Waals surface area contributed by atoms with Gasteiger partial charge < -0.3 is 14.1 Å². The van der Waals surface area contributed by atoms with E-state index in [9.17, 15) is 18.4 Å². The first-order valence-corrected chi connectivity index (χ1v) is 8.97. The fourth-order valence-electron chi connectivity index (χ4n) is 2.77. The Hall–Kier alpha value is -3.56. The number of carbonyl (C=O) groups excluding carboxylic acids is 2. The Morgan fingerprint density at radius 3 is 2.47 bits per heavy atom. The van der Waals surface area contributed by atoms with Gasteiger partial charge in [0.1, 0.15) is 12.1 Å². The quantitative estimate of drug-likeness (QED) is 0.546. The van der Waals surface area contributed by atoms with Crippen LogP contribution in [0, 0.1) is 0 Å². The van der Waals surface area contributed by atoms with E-state index in [1.807, 2.05) is 0 Å². The van der Waals surface area contributed by atoms with Gasteiger partial charge in [0.15, 0.2) is 0 Å². The lowest BCUT2D eigenvalue weighted by Gasteiger charge is -2.24. The summed E-state index contributed by atoms with van der Waals surface area (Å²) in [5.41, 5.74) is 0.510. The van der Waals surface area contributed by atoms with Crippen LogP contribution in [0.1, 0.15) is 47.9 Å². The van der Waals surface area contributed by atoms with Crippen LogP contribution < -0.4 is 0 Å². The highest BCUT2D eigenvalue weighted by Crippen LogP contribution is 2.26. The van der Waals surface area contributed by atoms with E-state index in [-0.39, 0.29) is 23.9 Å². The summed E-state index contributed by atoms with van der Waals surface area (Å²) in [5, 5.41) is 6.79. The maximum absolute atomic E-state index is 12.9. The normalized spacial score (nSPS) is 11.5. The van der Waals surface area contributed by atoms with Crippen molar-refractivity contribution in [3.8, 4) is 11.5 Å². The molecule has 2 aromatic heterocycles. The van der Waals surface area contributed by atoms with Gasteiger partial charge >= 0.3 is 6.43 Å². The van der Waals surface area contributed by atoms with E-state index in [0.717, 1.165) is 6.29 Å². The molecular weight excluding hydrogens is 396 g/mol. The Labute approximate surface area is 171 Å². The molecule has 10 heteroatoms. The molecule has 3 aromatic rings. The Balaban J connectivity index is 1.76. The van der Waals surface area contributed by atoms with Gasteiger partial charge in [-0.1, -0.05) is 18.2 Å². The summed E-state index contributed by atoms with van der Waals surface area (Å²) in [5.74, 6) is -0.857. The molecule has 0 fully saturated rings. The first kappa shape index (κ1) is 21.2. The maximum Gasteiger partial charge on any atom is 0.314 e. The highest BCUT2D eigenvalue weighted by molar-refractivity contribution is 5.97. The highest BCUT2D eigenvalue weighted by Gasteiger charge is 2.27. The lowest BCUT2D eigenvalue weighted by Crippen LogP contribution is -2.31. The largest absolute Gasteiger partial charge is 0.415 e. The van der Waals surface area contributed by atoms with Gasteiger partial charge in [-0.15, -0.1) is 10.2 Å². The number of nitrogens with zero attached hydrogens (tertiary/aromatic N) is 5. The van der Waals surface area contributed by atoms with Crippen molar-refractivity contribution in [2.75, 3.05) is 7.05 Å². The number of carbonyl (C=O) groups is 2. The first-order valence-electron chi connectivity index (χ1n) is 8.97. The third kappa shape index (κ3) is 4.37. The fraction of sp³-hybridized carbons (Fsp3) is 0.300. The monoisotopic (exact) mass is 415 g/mol. The molecule has 3 rings (SSSR count). The number of hydrogen-bond donors (Lipinski definition) is 0. The molecule has 8 nitrogen and oxygen atoms in total. The van der Waals surface area contributed by atoms with Gasteiger partial charge in [-0.2, -0.15) is 8.78 Å². The number of alkyl halides is 2. The molecular formula is C20H19F2N5O3. The predicted octanol–water partition coefficient (Wildman–Crippen LogP) is 3.21. The van der Waals surface area contributed by atoms with Crippen LogP contribution in [0.5, 0.6) is 0 Å². The predicted molar refractivity (Wildman–Crippen MR) is 102 cm³/mol. The highest BCUT2D eigenvalue weighted by atomic mass is 19.3. The molecule has 0 aliphatic carbocycles. The van der Waals surface area contributed by atoms with Crippen LogP contribution in [0.3, 0.4) is 0 Å². The van der Waals surface area contributed by atoms with E-state index in [4.69, 9.17) is 4.42 Å². The van der Waals surface area contributed by atoms with Crippen molar-refractivity contribution in [3.63, 3.8) is 0 Å². The van der Waals surface area contributed by atoms with Crippen LogP contribution in [0.15, 0.2) is 41.1 Å². The van der Waals surface area contributed by atoms with Crippen molar-refractivity contribution in [3.05, 3.63) is 59.5 Å². The van der Waals surface area contributed by atoms with Crippen molar-refractivity contribution in [2.24, 2.45) is 0 Å². The standard InChI is InChI=1S/C20H19F2N5O3/c1-20(2,11-28)14-7-5-4-6-13(14)19(29)27(3)10-15-23-8-12(9-24-15)17-25-26-18(30-17)16(21)22/h4-9,11,16H,10H2,1-3H3. The van der Waals surface area contributed by atoms with Gasteiger partial charge in [0, 0.05) is 30.4 Å². The van der Waals surface area contributed by atoms with Gasteiger partial charge in [0.05, 0.1) is 12.1 Å². The molecule has 156 valence electrons. The van der Waals surface area contributed by atoms with Crippen LogP contribution in [0.2, 0.25) is 0 Å². The van der Waals surface area contributed by atoms with Gasteiger partial charge in [0.25, 0.3) is 17.7 Å². The smallest absolute Gasteiger partial charge is 0.314 e. The minimum Gasteiger partial charge on any atom is -0.415 e. The summed E-state index contributed by atoms with van der Waals surface area (Å²) in [6.07, 6.45) is 0.649. The molecule has 2 heterocycles. The van der Waals surface area contributed by atoms with Crippen LogP contribution in [0.25, 0.3) is 11.5 Å². The van der Waals surface area contributed by atoms with Gasteiger partial charge in [-0.3, -0.25) is 4.79 Å². The minimum atomic E-state index is -2.86. The molecule has 0 bridgehead atoms. The molecule has 0 radical (unpaired) electrons. The third-order valence-electron chi connectivity index (χ3n) is 4.45. The Morgan fingerprint density at radius 1 is 1.20 bits per heavy atom. The van der Waals surface area contributed by atoms with Gasteiger partial charge in [0.2, 0.25) is 0 Å². The molecule has 0 unspecified atom stereocenters. The summed E-state index contributed by atoms with van der Waals surface area (Å²) >= 11 is 0. The molecule has 0 aliphatic rings. The summed E-state index contributed by atoms with van der Waals surface area (Å²) in [6.45, 7) is 3.58. The lowest BCUT2D eigenvalue weighted by atomic mass is 9.83. The van der Waals surface area contributed by atoms with E-state index in [0.29, 0.717) is 17.0 Å². The molecule has 30 heavy (non-hydrogen) atoms. The number of aldehydes is 1. The minimum absolute atomic E-state index is 0.0983. The van der Waals surface area contributed by atoms with E-state index < -0.39 is 17.7 Å². The lowest BCUT2D eigenvalue weighted by molar-refractivity contribution is -0.111. The topological polar surface area (TPSA) is 102 Å². The zero-order chi connectivity index (χ0) is 21.9. The van der Waals surface area contributed by atoms with E-state index in [2.05, 4.69) is 20.2 Å². The van der Waals surface area contributed by atoms with Gasteiger partial charge in [-0.05, 0) is 25.5 Å². The zero-order valence-electron chi connectivity index (χ0n) is 16.5. The summed E-state index contributed by atoms with van der Waals surface area (Å²) in [6, 6.07) is 6.92. The molecule has 0 aliphatic heterocycles. The van der Waals surface area contributed by atoms with Crippen molar-refractivity contribution >= 4 is 12.2 Å². The average Bonchev–Trinajstić information content (AvgIpc) is 3.24. The zero-order valence-corrected chi connectivity index (χ0v) is 16.5. The molecule has 0 N–H and O–H groups in total. The SMILES string of the molecule is CN(Cc1ncc(-c2nnc(C(F)F)o2)cn1)C(=O)c1ccccc1C(C)(C)C=O. The van der Waals surface area contributed by atoms with Crippen LogP contribution in [0.4, 0.5) is 8.78 Å². The van der Waals surface area contributed by atoms with E-state index >= 15 is 0 Å². The van der Waals surface area contributed by atoms with Crippen molar-refractivity contribution in [2.45, 2.75) is 32.2 Å². The number of rotatable bonds is 7. The third-order valence-corrected chi connectivity index (χ3v) is 4.45. The molecule has 1 amide bonds. The Kier molecular flexibility index (Phi) is 5.95. The number of benzene rings is 1. The number of aromatic nitrogens is 4. The summed E-state index contributed by atoms with van der Waals surface area (Å²) in [4.78, 5) is 34.1. The van der Waals surface area contributed by atoms with Gasteiger partial charge in [-0.25, -0.2) is 9.97 Å². The number of hydrogen-bond acceptors (Lipinski definition) is 7. The van der Waals surface area contributed by atoms with Crippen molar-refractivity contribution < 1.29 is 22.8 Å². The second-order valence-electron chi connectivity index (χ2n) is 7.18. The summed E-state index contributed by atoms with van der Waals surface area (Å²) < 4.78 is 30.0. The molecule has 0 atom stereocenters. The number of amides is 1. The van der Waals surface area contributed by atoms with Crippen LogP contribution >= 0.6 is 0 Å². The maximum atomic E-state index is 12.9. The molecule has 0 spiro atoms. The van der Waals surface area contributed by atoms with Crippen molar-refractivity contribution in [1.82, 2.24) is 25.1 Å². The van der Waals surface area contributed by atoms with Crippen LogP contribution in [-0.4, -0.2) is 44.3 Å². The van der Waals surface area contributed by atoms with E-state index in [1.165, 1.54) is 17.3 Å². The fourth-order valence-corrected chi connectivity index (χ4v) is 2.77. The second-order valence-corrected chi connectivity index (χ2v) is 7.18. The molecule has 1 aromatic carbocycles. The molecule has 0 saturated carbocycles. The molecule has 0 saturated heterocycles. The van der Waals surface area contributed by atoms with E-state index in [1.54, 1.807) is 45.2 Å². The second kappa shape index (κ2) is 8.44. The van der Waals surface area contributed by atoms with Crippen LogP contribution in [-0.2, 0) is 16.8 Å². The Bertz CT molecular complexity index is 1050. The number of halogens is 2.